The van der Waals surface area contributed by atoms with E-state index in [0.29, 0.717) is 6.54 Å². The molecule has 4 nitrogen and oxygen atoms in total. The van der Waals surface area contributed by atoms with Crippen LogP contribution in [-0.4, -0.2) is 21.3 Å². The van der Waals surface area contributed by atoms with Crippen molar-refractivity contribution in [2.75, 3.05) is 0 Å². The van der Waals surface area contributed by atoms with Gasteiger partial charge in [0.05, 0.1) is 12.2 Å². The Morgan fingerprint density at radius 1 is 1.33 bits per heavy atom. The number of aldehydes is 1. The zero-order valence-corrected chi connectivity index (χ0v) is 9.35. The Morgan fingerprint density at radius 2 is 2.13 bits per heavy atom. The summed E-state index contributed by atoms with van der Waals surface area (Å²) in [5.74, 6) is 0. The number of carbonyl (C=O) groups is 1. The maximum Gasteiger partial charge on any atom is 0.141 e. The highest BCUT2D eigenvalue weighted by molar-refractivity contribution is 5.48. The van der Waals surface area contributed by atoms with Gasteiger partial charge in [0, 0.05) is 6.20 Å². The molecular weight excluding hydrogens is 190 g/mol. The van der Waals surface area contributed by atoms with E-state index in [1.165, 1.54) is 32.1 Å². The third kappa shape index (κ3) is 4.72. The molecule has 1 aromatic heterocycles. The normalized spacial score (nSPS) is 10.5. The van der Waals surface area contributed by atoms with Gasteiger partial charge in [-0.25, -0.2) is 4.68 Å². The highest BCUT2D eigenvalue weighted by Gasteiger charge is 1.99. The summed E-state index contributed by atoms with van der Waals surface area (Å²) < 4.78 is 1.58. The van der Waals surface area contributed by atoms with Gasteiger partial charge in [0.1, 0.15) is 6.29 Å². The van der Waals surface area contributed by atoms with Gasteiger partial charge in [0.25, 0.3) is 0 Å². The molecule has 0 aromatic carbocycles. The van der Waals surface area contributed by atoms with E-state index in [-0.39, 0.29) is 0 Å². The molecule has 84 valence electrons. The Hall–Kier alpha value is -1.19. The predicted octanol–water partition coefficient (Wildman–Crippen LogP) is 1.99. The van der Waals surface area contributed by atoms with E-state index in [4.69, 9.17) is 0 Å². The largest absolute Gasteiger partial charge is 0.301 e. The fourth-order valence-corrected chi connectivity index (χ4v) is 1.53. The van der Waals surface area contributed by atoms with Crippen molar-refractivity contribution >= 4 is 6.29 Å². The SMILES string of the molecule is CCCCCCCc1cn(CC=O)nn1. The van der Waals surface area contributed by atoms with E-state index >= 15 is 0 Å². The minimum absolute atomic E-state index is 0.308. The van der Waals surface area contributed by atoms with Crippen molar-refractivity contribution in [1.82, 2.24) is 15.0 Å². The summed E-state index contributed by atoms with van der Waals surface area (Å²) in [6, 6.07) is 0. The Kier molecular flexibility index (Phi) is 5.66. The molecule has 0 aliphatic carbocycles. The molecule has 0 atom stereocenters. The van der Waals surface area contributed by atoms with Crippen LogP contribution >= 0.6 is 0 Å². The molecule has 0 radical (unpaired) electrons. The first-order chi connectivity index (χ1) is 7.36. The highest BCUT2D eigenvalue weighted by atomic mass is 16.1. The van der Waals surface area contributed by atoms with Crippen LogP contribution < -0.4 is 0 Å². The van der Waals surface area contributed by atoms with E-state index in [1.54, 1.807) is 4.68 Å². The van der Waals surface area contributed by atoms with Crippen molar-refractivity contribution in [3.63, 3.8) is 0 Å². The minimum atomic E-state index is 0.308. The molecule has 4 heteroatoms. The van der Waals surface area contributed by atoms with Crippen molar-refractivity contribution in [2.24, 2.45) is 0 Å². The van der Waals surface area contributed by atoms with Crippen molar-refractivity contribution in [3.05, 3.63) is 11.9 Å². The molecule has 0 spiro atoms. The lowest BCUT2D eigenvalue weighted by Crippen LogP contribution is -1.98. The smallest absolute Gasteiger partial charge is 0.141 e. The Bertz CT molecular complexity index is 283. The Morgan fingerprint density at radius 3 is 2.87 bits per heavy atom. The molecule has 0 aliphatic rings. The number of hydrogen-bond acceptors (Lipinski definition) is 3. The van der Waals surface area contributed by atoms with Gasteiger partial charge in [-0.1, -0.05) is 37.8 Å². The molecule has 0 aliphatic heterocycles. The molecule has 0 fully saturated rings. The number of rotatable bonds is 8. The van der Waals surface area contributed by atoms with Crippen LogP contribution in [0.15, 0.2) is 6.20 Å². The first-order valence-corrected chi connectivity index (χ1v) is 5.69. The fourth-order valence-electron chi connectivity index (χ4n) is 1.53. The molecule has 0 amide bonds. The van der Waals surface area contributed by atoms with Gasteiger partial charge in [-0.05, 0) is 12.8 Å². The van der Waals surface area contributed by atoms with Gasteiger partial charge in [-0.3, -0.25) is 0 Å². The number of hydrogen-bond donors (Lipinski definition) is 0. The standard InChI is InChI=1S/C11H19N3O/c1-2-3-4-5-6-7-11-10-14(8-9-15)13-12-11/h9-10H,2-8H2,1H3. The summed E-state index contributed by atoms with van der Waals surface area (Å²) in [4.78, 5) is 10.2. The molecule has 15 heavy (non-hydrogen) atoms. The van der Waals surface area contributed by atoms with Crippen molar-refractivity contribution in [2.45, 2.75) is 52.0 Å². The second-order valence-electron chi connectivity index (χ2n) is 3.76. The Labute approximate surface area is 90.7 Å². The van der Waals surface area contributed by atoms with Crippen molar-refractivity contribution in [3.8, 4) is 0 Å². The molecule has 0 N–H and O–H groups in total. The maximum atomic E-state index is 10.2. The monoisotopic (exact) mass is 209 g/mol. The molecule has 1 heterocycles. The average molecular weight is 209 g/mol. The Balaban J connectivity index is 2.16. The van der Waals surface area contributed by atoms with Crippen LogP contribution in [0.25, 0.3) is 0 Å². The first kappa shape index (κ1) is 11.9. The third-order valence-electron chi connectivity index (χ3n) is 2.38. The van der Waals surface area contributed by atoms with Crippen LogP contribution in [0.4, 0.5) is 0 Å². The van der Waals surface area contributed by atoms with Crippen LogP contribution in [0.2, 0.25) is 0 Å². The summed E-state index contributed by atoms with van der Waals surface area (Å²) in [6.45, 7) is 2.52. The molecule has 1 aromatic rings. The van der Waals surface area contributed by atoms with Crippen LogP contribution in [0.1, 0.15) is 44.7 Å². The first-order valence-electron chi connectivity index (χ1n) is 5.69. The molecule has 0 unspecified atom stereocenters. The zero-order chi connectivity index (χ0) is 10.9. The average Bonchev–Trinajstić information content (AvgIpc) is 2.66. The summed E-state index contributed by atoms with van der Waals surface area (Å²) in [7, 11) is 0. The molecule has 0 saturated heterocycles. The molecule has 0 saturated carbocycles. The van der Waals surface area contributed by atoms with Crippen LogP contribution in [-0.2, 0) is 17.8 Å². The lowest BCUT2D eigenvalue weighted by atomic mass is 10.1. The lowest BCUT2D eigenvalue weighted by molar-refractivity contribution is -0.108. The number of unbranched alkanes of at least 4 members (excludes halogenated alkanes) is 4. The zero-order valence-electron chi connectivity index (χ0n) is 9.35. The quantitative estimate of drug-likeness (QED) is 0.486. The van der Waals surface area contributed by atoms with Crippen molar-refractivity contribution in [1.29, 1.82) is 0 Å². The van der Waals surface area contributed by atoms with Gasteiger partial charge < -0.3 is 4.79 Å². The number of aromatic nitrogens is 3. The second-order valence-corrected chi connectivity index (χ2v) is 3.76. The number of carbonyl (C=O) groups excluding carboxylic acids is 1. The van der Waals surface area contributed by atoms with Gasteiger partial charge in [0.15, 0.2) is 0 Å². The lowest BCUT2D eigenvalue weighted by Gasteiger charge is -1.96. The van der Waals surface area contributed by atoms with Gasteiger partial charge in [-0.2, -0.15) is 0 Å². The summed E-state index contributed by atoms with van der Waals surface area (Å²) in [5.41, 5.74) is 0.994. The van der Waals surface area contributed by atoms with E-state index in [1.807, 2.05) is 6.20 Å². The number of nitrogens with zero attached hydrogens (tertiary/aromatic N) is 3. The highest BCUT2D eigenvalue weighted by Crippen LogP contribution is 2.06. The van der Waals surface area contributed by atoms with E-state index in [9.17, 15) is 4.79 Å². The second kappa shape index (κ2) is 7.15. The van der Waals surface area contributed by atoms with Crippen LogP contribution in [0.5, 0.6) is 0 Å². The minimum Gasteiger partial charge on any atom is -0.301 e. The fraction of sp³-hybridized carbons (Fsp3) is 0.727. The van der Waals surface area contributed by atoms with Crippen LogP contribution in [0.3, 0.4) is 0 Å². The van der Waals surface area contributed by atoms with E-state index < -0.39 is 0 Å². The van der Waals surface area contributed by atoms with Crippen LogP contribution in [0, 0.1) is 0 Å². The topological polar surface area (TPSA) is 47.8 Å². The molecule has 1 rings (SSSR count). The molecule has 0 bridgehead atoms. The summed E-state index contributed by atoms with van der Waals surface area (Å²) >= 11 is 0. The molecular formula is C11H19N3O. The van der Waals surface area contributed by atoms with Crippen molar-refractivity contribution < 1.29 is 4.79 Å². The third-order valence-corrected chi connectivity index (χ3v) is 2.38. The predicted molar refractivity (Wildman–Crippen MR) is 58.5 cm³/mol. The van der Waals surface area contributed by atoms with Gasteiger partial charge >= 0.3 is 0 Å². The summed E-state index contributed by atoms with van der Waals surface area (Å²) in [5, 5.41) is 7.86. The summed E-state index contributed by atoms with van der Waals surface area (Å²) in [6.07, 6.45) is 9.98. The van der Waals surface area contributed by atoms with E-state index in [0.717, 1.165) is 18.4 Å². The maximum absolute atomic E-state index is 10.2. The number of aryl methyl sites for hydroxylation is 1. The van der Waals surface area contributed by atoms with E-state index in [2.05, 4.69) is 17.2 Å². The van der Waals surface area contributed by atoms with Gasteiger partial charge in [-0.15, -0.1) is 5.10 Å². The van der Waals surface area contributed by atoms with Gasteiger partial charge in [0.2, 0.25) is 0 Å².